The lowest BCUT2D eigenvalue weighted by Crippen LogP contribution is -2.35. The van der Waals surface area contributed by atoms with Crippen LogP contribution in [0.15, 0.2) is 30.5 Å². The second-order valence-electron chi connectivity index (χ2n) is 4.74. The summed E-state index contributed by atoms with van der Waals surface area (Å²) in [5.41, 5.74) is 6.71. The summed E-state index contributed by atoms with van der Waals surface area (Å²) in [5, 5.41) is 9.22. The number of benzene rings is 1. The Balaban J connectivity index is 1.81. The van der Waals surface area contributed by atoms with Crippen molar-refractivity contribution in [3.63, 3.8) is 0 Å². The van der Waals surface area contributed by atoms with Crippen molar-refractivity contribution in [1.82, 2.24) is 15.5 Å². The third-order valence-corrected chi connectivity index (χ3v) is 3.40. The molecule has 0 aliphatic heterocycles. The Kier molecular flexibility index (Phi) is 2.51. The molecule has 0 atom stereocenters. The number of nitrogens with one attached hydrogen (secondary N) is 2. The van der Waals surface area contributed by atoms with Crippen molar-refractivity contribution in [2.75, 3.05) is 5.73 Å². The predicted molar refractivity (Wildman–Crippen MR) is 67.8 cm³/mol. The highest BCUT2D eigenvalue weighted by molar-refractivity contribution is 5.97. The average Bonchev–Trinajstić information content (AvgIpc) is 3.03. The van der Waals surface area contributed by atoms with Crippen LogP contribution in [0.1, 0.15) is 28.9 Å². The van der Waals surface area contributed by atoms with Gasteiger partial charge < -0.3 is 11.1 Å². The summed E-state index contributed by atoms with van der Waals surface area (Å²) in [6.45, 7) is 0. The average molecular weight is 260 g/mol. The predicted octanol–water partition coefficient (Wildman–Crippen LogP) is 1.55. The summed E-state index contributed by atoms with van der Waals surface area (Å²) in [4.78, 5) is 12.1. The molecule has 5 nitrogen and oxygen atoms in total. The number of nitrogen functional groups attached to an aromatic ring is 1. The summed E-state index contributed by atoms with van der Waals surface area (Å²) in [5.74, 6) is -0.583. The van der Waals surface area contributed by atoms with Gasteiger partial charge in [-0.15, -0.1) is 0 Å². The van der Waals surface area contributed by atoms with E-state index >= 15 is 0 Å². The van der Waals surface area contributed by atoms with Crippen LogP contribution in [-0.4, -0.2) is 16.1 Å². The molecule has 3 rings (SSSR count). The van der Waals surface area contributed by atoms with E-state index in [2.05, 4.69) is 15.5 Å². The second kappa shape index (κ2) is 4.08. The highest BCUT2D eigenvalue weighted by Crippen LogP contribution is 2.45. The second-order valence-corrected chi connectivity index (χ2v) is 4.74. The van der Waals surface area contributed by atoms with E-state index < -0.39 is 5.54 Å². The molecule has 1 aromatic heterocycles. The van der Waals surface area contributed by atoms with Crippen LogP contribution in [-0.2, 0) is 5.54 Å². The standard InChI is InChI=1S/C13H13FN4O/c14-9-3-1-8(2-4-9)13(5-6-13)17-12(19)11-10(15)7-16-18-11/h1-4,7H,5-6,15H2,(H,16,18)(H,17,19). The number of anilines is 1. The van der Waals surface area contributed by atoms with E-state index in [-0.39, 0.29) is 17.4 Å². The monoisotopic (exact) mass is 260 g/mol. The molecule has 2 aromatic rings. The van der Waals surface area contributed by atoms with Crippen LogP contribution in [0, 0.1) is 5.82 Å². The molecule has 1 amide bonds. The smallest absolute Gasteiger partial charge is 0.272 e. The number of nitrogens with two attached hydrogens (primary N) is 1. The van der Waals surface area contributed by atoms with E-state index in [4.69, 9.17) is 5.73 Å². The quantitative estimate of drug-likeness (QED) is 0.782. The van der Waals surface area contributed by atoms with E-state index in [0.717, 1.165) is 18.4 Å². The number of hydrogen-bond donors (Lipinski definition) is 3. The van der Waals surface area contributed by atoms with E-state index in [1.54, 1.807) is 12.1 Å². The molecule has 1 fully saturated rings. The molecule has 1 aromatic carbocycles. The topological polar surface area (TPSA) is 83.8 Å². The van der Waals surface area contributed by atoms with Gasteiger partial charge in [-0.1, -0.05) is 12.1 Å². The Morgan fingerprint density at radius 3 is 2.58 bits per heavy atom. The zero-order chi connectivity index (χ0) is 13.5. The molecule has 1 saturated carbocycles. The zero-order valence-electron chi connectivity index (χ0n) is 10.1. The fourth-order valence-corrected chi connectivity index (χ4v) is 2.14. The molecule has 19 heavy (non-hydrogen) atoms. The maximum absolute atomic E-state index is 12.9. The summed E-state index contributed by atoms with van der Waals surface area (Å²) < 4.78 is 12.9. The lowest BCUT2D eigenvalue weighted by Gasteiger charge is -2.17. The van der Waals surface area contributed by atoms with Crippen molar-refractivity contribution < 1.29 is 9.18 Å². The van der Waals surface area contributed by atoms with Gasteiger partial charge in [-0.25, -0.2) is 4.39 Å². The number of amides is 1. The zero-order valence-corrected chi connectivity index (χ0v) is 10.1. The van der Waals surface area contributed by atoms with Crippen molar-refractivity contribution in [2.45, 2.75) is 18.4 Å². The van der Waals surface area contributed by atoms with Crippen molar-refractivity contribution in [3.8, 4) is 0 Å². The van der Waals surface area contributed by atoms with Gasteiger partial charge in [-0.3, -0.25) is 9.89 Å². The van der Waals surface area contributed by atoms with Crippen LogP contribution in [0.25, 0.3) is 0 Å². The summed E-state index contributed by atoms with van der Waals surface area (Å²) in [7, 11) is 0. The molecule has 1 heterocycles. The van der Waals surface area contributed by atoms with Gasteiger partial charge in [0.1, 0.15) is 11.5 Å². The van der Waals surface area contributed by atoms with Crippen LogP contribution >= 0.6 is 0 Å². The van der Waals surface area contributed by atoms with Crippen molar-refractivity contribution >= 4 is 11.6 Å². The van der Waals surface area contributed by atoms with Crippen molar-refractivity contribution in [3.05, 3.63) is 47.5 Å². The number of hydrogen-bond acceptors (Lipinski definition) is 3. The van der Waals surface area contributed by atoms with Crippen LogP contribution in [0.5, 0.6) is 0 Å². The minimum Gasteiger partial charge on any atom is -0.396 e. The van der Waals surface area contributed by atoms with Gasteiger partial charge in [0.05, 0.1) is 17.4 Å². The number of H-pyrrole nitrogens is 1. The van der Waals surface area contributed by atoms with Gasteiger partial charge in [0.25, 0.3) is 5.91 Å². The fraction of sp³-hybridized carbons (Fsp3) is 0.231. The molecule has 1 aliphatic carbocycles. The Morgan fingerprint density at radius 1 is 1.37 bits per heavy atom. The lowest BCUT2D eigenvalue weighted by atomic mass is 10.0. The molecule has 0 spiro atoms. The summed E-state index contributed by atoms with van der Waals surface area (Å²) in [6, 6.07) is 6.18. The van der Waals surface area contributed by atoms with E-state index in [0.29, 0.717) is 5.69 Å². The number of aromatic amines is 1. The highest BCUT2D eigenvalue weighted by Gasteiger charge is 2.46. The van der Waals surface area contributed by atoms with E-state index in [9.17, 15) is 9.18 Å². The van der Waals surface area contributed by atoms with E-state index in [1.807, 2.05) is 0 Å². The molecule has 4 N–H and O–H groups in total. The SMILES string of the molecule is Nc1cn[nH]c1C(=O)NC1(c2ccc(F)cc2)CC1. The molecule has 0 unspecified atom stereocenters. The third kappa shape index (κ3) is 2.05. The maximum Gasteiger partial charge on any atom is 0.272 e. The van der Waals surface area contributed by atoms with Gasteiger partial charge in [0.2, 0.25) is 0 Å². The van der Waals surface area contributed by atoms with Crippen molar-refractivity contribution in [1.29, 1.82) is 0 Å². The minimum atomic E-state index is -0.400. The summed E-state index contributed by atoms with van der Waals surface area (Å²) in [6.07, 6.45) is 3.06. The van der Waals surface area contributed by atoms with Gasteiger partial charge in [-0.05, 0) is 30.5 Å². The van der Waals surface area contributed by atoms with Crippen LogP contribution in [0.4, 0.5) is 10.1 Å². The Bertz CT molecular complexity index is 616. The molecule has 6 heteroatoms. The molecule has 0 saturated heterocycles. The van der Waals surface area contributed by atoms with Crippen LogP contribution in [0.3, 0.4) is 0 Å². The minimum absolute atomic E-state index is 0.258. The maximum atomic E-state index is 12.9. The molecule has 0 radical (unpaired) electrons. The molecular formula is C13H13FN4O. The normalized spacial score (nSPS) is 16.1. The van der Waals surface area contributed by atoms with Gasteiger partial charge in [0, 0.05) is 0 Å². The lowest BCUT2D eigenvalue weighted by molar-refractivity contribution is 0.0926. The Morgan fingerprint density at radius 2 is 2.05 bits per heavy atom. The Labute approximate surface area is 109 Å². The van der Waals surface area contributed by atoms with Gasteiger partial charge in [0.15, 0.2) is 0 Å². The van der Waals surface area contributed by atoms with Crippen LogP contribution < -0.4 is 11.1 Å². The summed E-state index contributed by atoms with van der Waals surface area (Å²) >= 11 is 0. The van der Waals surface area contributed by atoms with E-state index in [1.165, 1.54) is 18.3 Å². The molecule has 1 aliphatic rings. The molecular weight excluding hydrogens is 247 g/mol. The first-order valence-electron chi connectivity index (χ1n) is 5.98. The number of nitrogens with zero attached hydrogens (tertiary/aromatic N) is 1. The third-order valence-electron chi connectivity index (χ3n) is 3.40. The number of halogens is 1. The largest absolute Gasteiger partial charge is 0.396 e. The first kappa shape index (κ1) is 11.7. The van der Waals surface area contributed by atoms with Crippen LogP contribution in [0.2, 0.25) is 0 Å². The first-order valence-corrected chi connectivity index (χ1v) is 5.98. The number of carbonyl (C=O) groups excluding carboxylic acids is 1. The van der Waals surface area contributed by atoms with Gasteiger partial charge >= 0.3 is 0 Å². The Hall–Kier alpha value is -2.37. The number of carbonyl (C=O) groups is 1. The van der Waals surface area contributed by atoms with Gasteiger partial charge in [-0.2, -0.15) is 5.10 Å². The highest BCUT2D eigenvalue weighted by atomic mass is 19.1. The first-order chi connectivity index (χ1) is 9.11. The molecule has 98 valence electrons. The number of aromatic nitrogens is 2. The van der Waals surface area contributed by atoms with Crippen molar-refractivity contribution in [2.24, 2.45) is 0 Å². The fourth-order valence-electron chi connectivity index (χ4n) is 2.14. The number of rotatable bonds is 3. The molecule has 0 bridgehead atoms.